The predicted molar refractivity (Wildman–Crippen MR) is 96.7 cm³/mol. The zero-order valence-electron chi connectivity index (χ0n) is 13.8. The largest absolute Gasteiger partial charge is 0.411 e. The molecule has 0 aliphatic rings. The first kappa shape index (κ1) is 18.7. The number of hydrogen-bond acceptors (Lipinski definition) is 5. The van der Waals surface area contributed by atoms with Gasteiger partial charge in [0, 0.05) is 12.0 Å². The van der Waals surface area contributed by atoms with Gasteiger partial charge in [0.15, 0.2) is 0 Å². The van der Waals surface area contributed by atoms with Crippen molar-refractivity contribution >= 4 is 27.7 Å². The molecule has 2 aromatic rings. The van der Waals surface area contributed by atoms with E-state index in [-0.39, 0.29) is 4.90 Å². The van der Waals surface area contributed by atoms with Crippen molar-refractivity contribution in [1.29, 1.82) is 0 Å². The van der Waals surface area contributed by atoms with E-state index in [1.54, 1.807) is 36.4 Å². The van der Waals surface area contributed by atoms with Gasteiger partial charge in [-0.15, -0.1) is 0 Å². The molecule has 0 unspecified atom stereocenters. The van der Waals surface area contributed by atoms with Crippen LogP contribution in [0.2, 0.25) is 0 Å². The summed E-state index contributed by atoms with van der Waals surface area (Å²) in [5.74, 6) is 0. The van der Waals surface area contributed by atoms with Crippen molar-refractivity contribution in [1.82, 2.24) is 0 Å². The number of rotatable bonds is 8. The molecule has 0 heterocycles. The summed E-state index contributed by atoms with van der Waals surface area (Å²) in [5, 5.41) is 12.5. The van der Waals surface area contributed by atoms with Crippen molar-refractivity contribution in [2.45, 2.75) is 31.1 Å². The number of unbranched alkanes of at least 4 members (excludes halogenated alkanes) is 1. The molecule has 132 valence electrons. The molecule has 0 aromatic heterocycles. The van der Waals surface area contributed by atoms with Gasteiger partial charge < -0.3 is 10.0 Å². The molecule has 0 spiro atoms. The molecule has 0 aliphatic heterocycles. The molecule has 2 N–H and O–H groups in total. The van der Waals surface area contributed by atoms with Gasteiger partial charge in [0.1, 0.15) is 6.29 Å². The Morgan fingerprint density at radius 1 is 1.16 bits per heavy atom. The average molecular weight is 360 g/mol. The molecule has 0 fully saturated rings. The van der Waals surface area contributed by atoms with Gasteiger partial charge in [-0.1, -0.05) is 41.1 Å². The zero-order chi connectivity index (χ0) is 18.3. The lowest BCUT2D eigenvalue weighted by atomic mass is 10.0. The molecule has 7 heteroatoms. The fourth-order valence-corrected chi connectivity index (χ4v) is 3.42. The number of carbonyl (C=O) groups is 1. The monoisotopic (exact) mass is 360 g/mol. The summed E-state index contributed by atoms with van der Waals surface area (Å²) in [6.07, 6.45) is 2.01. The second-order valence-electron chi connectivity index (χ2n) is 5.57. The van der Waals surface area contributed by atoms with E-state index in [4.69, 9.17) is 0 Å². The van der Waals surface area contributed by atoms with Crippen LogP contribution < -0.4 is 4.72 Å². The van der Waals surface area contributed by atoms with Crippen LogP contribution in [0.25, 0.3) is 0 Å². The van der Waals surface area contributed by atoms with Gasteiger partial charge in [0.2, 0.25) is 0 Å². The van der Waals surface area contributed by atoms with Crippen LogP contribution in [-0.4, -0.2) is 25.6 Å². The molecular weight excluding hydrogens is 340 g/mol. The van der Waals surface area contributed by atoms with Gasteiger partial charge in [-0.05, 0) is 38.0 Å². The Kier molecular flexibility index (Phi) is 6.30. The Balaban J connectivity index is 2.31. The van der Waals surface area contributed by atoms with Gasteiger partial charge in [0.05, 0.1) is 16.3 Å². The highest BCUT2D eigenvalue weighted by Gasteiger charge is 2.17. The lowest BCUT2D eigenvalue weighted by molar-refractivity contribution is -0.107. The molecule has 6 nitrogen and oxygen atoms in total. The molecule has 25 heavy (non-hydrogen) atoms. The van der Waals surface area contributed by atoms with Crippen LogP contribution in [-0.2, 0) is 14.8 Å². The van der Waals surface area contributed by atoms with Crippen molar-refractivity contribution in [3.63, 3.8) is 0 Å². The van der Waals surface area contributed by atoms with Crippen molar-refractivity contribution in [3.05, 3.63) is 59.7 Å². The second-order valence-corrected chi connectivity index (χ2v) is 7.25. The molecule has 0 aliphatic carbocycles. The van der Waals surface area contributed by atoms with Crippen LogP contribution in [0.3, 0.4) is 0 Å². The highest BCUT2D eigenvalue weighted by Crippen LogP contribution is 2.22. The fraction of sp³-hybridized carbons (Fsp3) is 0.222. The minimum Gasteiger partial charge on any atom is -0.411 e. The maximum atomic E-state index is 12.6. The number of aldehydes is 1. The van der Waals surface area contributed by atoms with E-state index < -0.39 is 10.0 Å². The van der Waals surface area contributed by atoms with Crippen LogP contribution in [0.5, 0.6) is 0 Å². The van der Waals surface area contributed by atoms with E-state index in [0.29, 0.717) is 36.2 Å². The number of sulfonamides is 1. The van der Waals surface area contributed by atoms with E-state index in [0.717, 1.165) is 11.8 Å². The van der Waals surface area contributed by atoms with Gasteiger partial charge in [-0.25, -0.2) is 8.42 Å². The summed E-state index contributed by atoms with van der Waals surface area (Å²) >= 11 is 0. The number of carbonyl (C=O) groups excluding carboxylic acids is 1. The first-order valence-corrected chi connectivity index (χ1v) is 9.29. The summed E-state index contributed by atoms with van der Waals surface area (Å²) in [7, 11) is -3.76. The minimum atomic E-state index is -3.76. The zero-order valence-corrected chi connectivity index (χ0v) is 14.7. The summed E-state index contributed by atoms with van der Waals surface area (Å²) in [4.78, 5) is 10.6. The molecule has 2 rings (SSSR count). The molecular formula is C18H20N2O4S. The van der Waals surface area contributed by atoms with Gasteiger partial charge >= 0.3 is 0 Å². The second kappa shape index (κ2) is 8.43. The first-order chi connectivity index (χ1) is 12.0. The maximum absolute atomic E-state index is 12.6. The number of nitrogens with zero attached hydrogens (tertiary/aromatic N) is 1. The number of anilines is 1. The van der Waals surface area contributed by atoms with E-state index >= 15 is 0 Å². The minimum absolute atomic E-state index is 0.149. The fourth-order valence-electron chi connectivity index (χ4n) is 2.34. The smallest absolute Gasteiger partial charge is 0.261 e. The number of oxime groups is 1. The quantitative estimate of drug-likeness (QED) is 0.248. The van der Waals surface area contributed by atoms with E-state index in [1.165, 1.54) is 12.1 Å². The third kappa shape index (κ3) is 4.90. The Bertz CT molecular complexity index is 859. The Morgan fingerprint density at radius 2 is 1.84 bits per heavy atom. The molecule has 2 aromatic carbocycles. The van der Waals surface area contributed by atoms with Crippen LogP contribution in [0, 0.1) is 6.92 Å². The molecule has 0 amide bonds. The molecule has 0 saturated heterocycles. The standard InChI is InChI=1S/C18H20N2O4S/c1-14-9-11-15(12-10-14)25(23,24)20-18-8-3-2-6-16(18)17(19-22)7-4-5-13-21/h2-3,6,8-13,20,22H,4-5,7H2,1H3. The highest BCUT2D eigenvalue weighted by atomic mass is 32.2. The van der Waals surface area contributed by atoms with Gasteiger partial charge in [-0.3, -0.25) is 4.72 Å². The van der Waals surface area contributed by atoms with E-state index in [2.05, 4.69) is 9.88 Å². The lowest BCUT2D eigenvalue weighted by Gasteiger charge is -2.13. The maximum Gasteiger partial charge on any atom is 0.261 e. The topological polar surface area (TPSA) is 95.8 Å². The van der Waals surface area contributed by atoms with Crippen LogP contribution in [0.15, 0.2) is 58.6 Å². The van der Waals surface area contributed by atoms with Gasteiger partial charge in [0.25, 0.3) is 10.0 Å². The Morgan fingerprint density at radius 3 is 2.48 bits per heavy atom. The summed E-state index contributed by atoms with van der Waals surface area (Å²) in [5.41, 5.74) is 2.09. The van der Waals surface area contributed by atoms with Crippen molar-refractivity contribution in [2.24, 2.45) is 5.16 Å². The Hall–Kier alpha value is -2.67. The third-order valence-corrected chi connectivity index (χ3v) is 5.05. The van der Waals surface area contributed by atoms with E-state index in [1.807, 2.05) is 6.92 Å². The molecule has 0 radical (unpaired) electrons. The number of para-hydroxylation sites is 1. The normalized spacial score (nSPS) is 12.0. The van der Waals surface area contributed by atoms with Gasteiger partial charge in [-0.2, -0.15) is 0 Å². The van der Waals surface area contributed by atoms with E-state index in [9.17, 15) is 18.4 Å². The number of benzene rings is 2. The molecule has 0 bridgehead atoms. The van der Waals surface area contributed by atoms with Crippen molar-refractivity contribution < 1.29 is 18.4 Å². The van der Waals surface area contributed by atoms with Crippen LogP contribution in [0.1, 0.15) is 30.4 Å². The average Bonchev–Trinajstić information content (AvgIpc) is 2.60. The number of nitrogens with one attached hydrogen (secondary N) is 1. The SMILES string of the molecule is Cc1ccc(S(=O)(=O)Nc2ccccc2C(CCCC=O)=NO)cc1. The molecule has 0 saturated carbocycles. The third-order valence-electron chi connectivity index (χ3n) is 3.67. The number of hydrogen-bond donors (Lipinski definition) is 2. The highest BCUT2D eigenvalue weighted by molar-refractivity contribution is 7.92. The van der Waals surface area contributed by atoms with Crippen molar-refractivity contribution in [2.75, 3.05) is 4.72 Å². The van der Waals surface area contributed by atoms with Crippen LogP contribution >= 0.6 is 0 Å². The Labute approximate surface area is 147 Å². The van der Waals surface area contributed by atoms with Crippen LogP contribution in [0.4, 0.5) is 5.69 Å². The molecule has 0 atom stereocenters. The summed E-state index contributed by atoms with van der Waals surface area (Å²) < 4.78 is 27.7. The number of aryl methyl sites for hydroxylation is 1. The lowest BCUT2D eigenvalue weighted by Crippen LogP contribution is -2.16. The summed E-state index contributed by atoms with van der Waals surface area (Å²) in [6.45, 7) is 1.88. The van der Waals surface area contributed by atoms with Crippen molar-refractivity contribution in [3.8, 4) is 0 Å². The summed E-state index contributed by atoms with van der Waals surface area (Å²) in [6, 6.07) is 13.2. The first-order valence-electron chi connectivity index (χ1n) is 7.81. The predicted octanol–water partition coefficient (Wildman–Crippen LogP) is 3.34.